The van der Waals surface area contributed by atoms with Crippen LogP contribution in [0.2, 0.25) is 0 Å². The average Bonchev–Trinajstić information content (AvgIpc) is 2.38. The highest BCUT2D eigenvalue weighted by Crippen LogP contribution is 2.30. The quantitative estimate of drug-likeness (QED) is 0.930. The number of nitrogens with zero attached hydrogens (tertiary/aromatic N) is 1. The molecule has 0 saturated heterocycles. The molecular formula is C15H14F3NO. The Morgan fingerprint density at radius 2 is 1.80 bits per heavy atom. The van der Waals surface area contributed by atoms with Gasteiger partial charge in [0.1, 0.15) is 0 Å². The molecule has 20 heavy (non-hydrogen) atoms. The second-order valence-corrected chi connectivity index (χ2v) is 4.65. The van der Waals surface area contributed by atoms with E-state index in [-0.39, 0.29) is 6.42 Å². The van der Waals surface area contributed by atoms with E-state index in [9.17, 15) is 18.3 Å². The number of pyridine rings is 1. The van der Waals surface area contributed by atoms with Gasteiger partial charge in [-0.25, -0.2) is 0 Å². The number of aromatic nitrogens is 1. The van der Waals surface area contributed by atoms with Gasteiger partial charge in [0.15, 0.2) is 0 Å². The maximum atomic E-state index is 12.4. The highest BCUT2D eigenvalue weighted by molar-refractivity contribution is 5.29. The second-order valence-electron chi connectivity index (χ2n) is 4.65. The molecule has 0 aliphatic heterocycles. The first-order chi connectivity index (χ1) is 9.38. The Kier molecular flexibility index (Phi) is 4.09. The molecule has 1 aromatic carbocycles. The lowest BCUT2D eigenvalue weighted by Crippen LogP contribution is -2.06. The Balaban J connectivity index is 2.13. The molecule has 5 heteroatoms. The minimum absolute atomic E-state index is 0.267. The molecule has 2 nitrogen and oxygen atoms in total. The van der Waals surface area contributed by atoms with Gasteiger partial charge in [0, 0.05) is 18.8 Å². The van der Waals surface area contributed by atoms with E-state index in [1.807, 2.05) is 6.92 Å². The zero-order valence-electron chi connectivity index (χ0n) is 10.9. The van der Waals surface area contributed by atoms with Crippen molar-refractivity contribution in [3.8, 4) is 0 Å². The molecule has 0 amide bonds. The molecule has 106 valence electrons. The van der Waals surface area contributed by atoms with E-state index in [0.29, 0.717) is 5.56 Å². The fourth-order valence-electron chi connectivity index (χ4n) is 2.02. The van der Waals surface area contributed by atoms with Crippen LogP contribution in [0.15, 0.2) is 42.7 Å². The van der Waals surface area contributed by atoms with Crippen molar-refractivity contribution in [1.29, 1.82) is 0 Å². The molecular weight excluding hydrogens is 267 g/mol. The fraction of sp³-hybridized carbons (Fsp3) is 0.267. The summed E-state index contributed by atoms with van der Waals surface area (Å²) in [6.45, 7) is 1.83. The normalized spacial score (nSPS) is 13.2. The summed E-state index contributed by atoms with van der Waals surface area (Å²) in [7, 11) is 0. The summed E-state index contributed by atoms with van der Waals surface area (Å²) in [6.07, 6.45) is -1.60. The topological polar surface area (TPSA) is 33.1 Å². The van der Waals surface area contributed by atoms with E-state index >= 15 is 0 Å². The first-order valence-corrected chi connectivity index (χ1v) is 6.12. The Labute approximate surface area is 114 Å². The van der Waals surface area contributed by atoms with Crippen molar-refractivity contribution < 1.29 is 18.3 Å². The van der Waals surface area contributed by atoms with Crippen LogP contribution in [0, 0.1) is 6.92 Å². The summed E-state index contributed by atoms with van der Waals surface area (Å²) in [6, 6.07) is 6.55. The Hall–Kier alpha value is -1.88. The van der Waals surface area contributed by atoms with Crippen LogP contribution < -0.4 is 0 Å². The second kappa shape index (κ2) is 5.63. The van der Waals surface area contributed by atoms with Crippen molar-refractivity contribution in [2.24, 2.45) is 0 Å². The Morgan fingerprint density at radius 1 is 1.15 bits per heavy atom. The Morgan fingerprint density at radius 3 is 2.35 bits per heavy atom. The van der Waals surface area contributed by atoms with Gasteiger partial charge in [-0.2, -0.15) is 13.2 Å². The summed E-state index contributed by atoms with van der Waals surface area (Å²) < 4.78 is 37.3. The van der Waals surface area contributed by atoms with Gasteiger partial charge in [-0.1, -0.05) is 12.1 Å². The van der Waals surface area contributed by atoms with Crippen molar-refractivity contribution in [1.82, 2.24) is 4.98 Å². The Bertz CT molecular complexity index is 578. The van der Waals surface area contributed by atoms with Crippen LogP contribution in [-0.4, -0.2) is 10.1 Å². The smallest absolute Gasteiger partial charge is 0.388 e. The van der Waals surface area contributed by atoms with Gasteiger partial charge in [0.25, 0.3) is 0 Å². The van der Waals surface area contributed by atoms with Crippen molar-refractivity contribution in [2.45, 2.75) is 25.6 Å². The summed E-state index contributed by atoms with van der Waals surface area (Å²) in [5.74, 6) is 0. The predicted molar refractivity (Wildman–Crippen MR) is 69.1 cm³/mol. The lowest BCUT2D eigenvalue weighted by molar-refractivity contribution is -0.137. The third-order valence-corrected chi connectivity index (χ3v) is 3.13. The highest BCUT2D eigenvalue weighted by atomic mass is 19.4. The van der Waals surface area contributed by atoms with Crippen LogP contribution in [0.1, 0.15) is 28.4 Å². The molecule has 1 atom stereocenters. The predicted octanol–water partition coefficient (Wildman–Crippen LogP) is 3.68. The molecule has 2 rings (SSSR count). The van der Waals surface area contributed by atoms with Crippen LogP contribution in [0.3, 0.4) is 0 Å². The summed E-state index contributed by atoms with van der Waals surface area (Å²) >= 11 is 0. The molecule has 1 unspecified atom stereocenters. The third-order valence-electron chi connectivity index (χ3n) is 3.13. The van der Waals surface area contributed by atoms with Crippen molar-refractivity contribution in [3.63, 3.8) is 0 Å². The number of aryl methyl sites for hydroxylation is 1. The molecule has 1 heterocycles. The van der Waals surface area contributed by atoms with Crippen molar-refractivity contribution in [2.75, 3.05) is 0 Å². The molecule has 0 aliphatic rings. The minimum atomic E-state index is -4.33. The highest BCUT2D eigenvalue weighted by Gasteiger charge is 2.30. The van der Waals surface area contributed by atoms with Crippen LogP contribution in [0.4, 0.5) is 13.2 Å². The van der Waals surface area contributed by atoms with E-state index in [0.717, 1.165) is 23.3 Å². The number of hydrogen-bond acceptors (Lipinski definition) is 2. The van der Waals surface area contributed by atoms with E-state index < -0.39 is 17.8 Å². The molecule has 1 aromatic heterocycles. The minimum Gasteiger partial charge on any atom is -0.388 e. The van der Waals surface area contributed by atoms with Gasteiger partial charge < -0.3 is 5.11 Å². The molecule has 2 aromatic rings. The fourth-order valence-corrected chi connectivity index (χ4v) is 2.02. The van der Waals surface area contributed by atoms with Crippen molar-refractivity contribution in [3.05, 3.63) is 65.0 Å². The average molecular weight is 281 g/mol. The molecule has 0 radical (unpaired) electrons. The maximum absolute atomic E-state index is 12.4. The van der Waals surface area contributed by atoms with Gasteiger partial charge in [0.2, 0.25) is 0 Å². The van der Waals surface area contributed by atoms with Gasteiger partial charge in [-0.05, 0) is 41.8 Å². The van der Waals surface area contributed by atoms with E-state index in [1.165, 1.54) is 12.1 Å². The van der Waals surface area contributed by atoms with Crippen LogP contribution in [0.25, 0.3) is 0 Å². The number of rotatable bonds is 3. The van der Waals surface area contributed by atoms with Gasteiger partial charge in [-0.15, -0.1) is 0 Å². The van der Waals surface area contributed by atoms with Crippen LogP contribution >= 0.6 is 0 Å². The van der Waals surface area contributed by atoms with Crippen LogP contribution in [-0.2, 0) is 12.6 Å². The molecule has 0 spiro atoms. The summed E-state index contributed by atoms with van der Waals surface area (Å²) in [5, 5.41) is 10.1. The standard InChI is InChI=1S/C15H14F3NO/c1-10-9-19-7-6-13(10)14(20)8-11-2-4-12(5-3-11)15(16,17)18/h2-7,9,14,20H,8H2,1H3. The summed E-state index contributed by atoms with van der Waals surface area (Å²) in [4.78, 5) is 3.94. The number of hydrogen-bond donors (Lipinski definition) is 1. The lowest BCUT2D eigenvalue weighted by Gasteiger charge is -2.14. The summed E-state index contributed by atoms with van der Waals surface area (Å²) in [5.41, 5.74) is 1.56. The van der Waals surface area contributed by atoms with Gasteiger partial charge >= 0.3 is 6.18 Å². The van der Waals surface area contributed by atoms with Crippen LogP contribution in [0.5, 0.6) is 0 Å². The van der Waals surface area contributed by atoms with E-state index in [2.05, 4.69) is 4.98 Å². The molecule has 0 saturated carbocycles. The third kappa shape index (κ3) is 3.36. The maximum Gasteiger partial charge on any atom is 0.416 e. The zero-order valence-corrected chi connectivity index (χ0v) is 10.9. The van der Waals surface area contributed by atoms with Crippen molar-refractivity contribution >= 4 is 0 Å². The first-order valence-electron chi connectivity index (χ1n) is 6.12. The molecule has 1 N–H and O–H groups in total. The number of aliphatic hydroxyl groups excluding tert-OH is 1. The number of halogens is 3. The zero-order chi connectivity index (χ0) is 14.8. The largest absolute Gasteiger partial charge is 0.416 e. The van der Waals surface area contributed by atoms with Gasteiger partial charge in [0.05, 0.1) is 11.7 Å². The van der Waals surface area contributed by atoms with E-state index in [4.69, 9.17) is 0 Å². The molecule has 0 fully saturated rings. The number of benzene rings is 1. The first kappa shape index (κ1) is 14.5. The van der Waals surface area contributed by atoms with E-state index in [1.54, 1.807) is 18.5 Å². The number of alkyl halides is 3. The molecule has 0 bridgehead atoms. The lowest BCUT2D eigenvalue weighted by atomic mass is 9.98. The molecule has 0 aliphatic carbocycles. The SMILES string of the molecule is Cc1cnccc1C(O)Cc1ccc(C(F)(F)F)cc1. The van der Waals surface area contributed by atoms with Gasteiger partial charge in [-0.3, -0.25) is 4.98 Å². The number of aliphatic hydroxyl groups is 1. The monoisotopic (exact) mass is 281 g/mol.